The van der Waals surface area contributed by atoms with E-state index in [1.165, 1.54) is 49.0 Å². The molecule has 4 saturated carbocycles. The van der Waals surface area contributed by atoms with Gasteiger partial charge in [-0.2, -0.15) is 0 Å². The van der Waals surface area contributed by atoms with Crippen molar-refractivity contribution in [1.29, 1.82) is 0 Å². The van der Waals surface area contributed by atoms with Gasteiger partial charge in [-0.25, -0.2) is 0 Å². The summed E-state index contributed by atoms with van der Waals surface area (Å²) in [4.78, 5) is 28.2. The number of nitrogens with zero attached hydrogens (tertiary/aromatic N) is 1. The predicted molar refractivity (Wildman–Crippen MR) is 153 cm³/mol. The highest BCUT2D eigenvalue weighted by molar-refractivity contribution is 8.18. The van der Waals surface area contributed by atoms with E-state index in [1.807, 2.05) is 37.3 Å². The molecule has 0 aromatic heterocycles. The van der Waals surface area contributed by atoms with E-state index in [1.54, 1.807) is 0 Å². The molecule has 1 saturated heterocycles. The molecule has 0 atom stereocenters. The monoisotopic (exact) mass is 523 g/mol. The second kappa shape index (κ2) is 9.30. The van der Waals surface area contributed by atoms with E-state index in [4.69, 9.17) is 4.74 Å². The van der Waals surface area contributed by atoms with Gasteiger partial charge in [-0.15, -0.1) is 0 Å². The lowest BCUT2D eigenvalue weighted by Crippen LogP contribution is -2.48. The summed E-state index contributed by atoms with van der Waals surface area (Å²) in [6.07, 6.45) is 9.98. The zero-order valence-corrected chi connectivity index (χ0v) is 22.6. The molecule has 4 nitrogen and oxygen atoms in total. The van der Waals surface area contributed by atoms with Crippen LogP contribution in [0.2, 0.25) is 0 Å². The SMILES string of the molecule is CCOc1ccc(C23CC4CC(CC(C4)C2)C3)cc1/C=C1\SC(=O)N(Cc2ccc3ccccc3c2)C1=O. The lowest BCUT2D eigenvalue weighted by atomic mass is 9.48. The number of thioether (sulfide) groups is 1. The van der Waals surface area contributed by atoms with Crippen molar-refractivity contribution < 1.29 is 14.3 Å². The van der Waals surface area contributed by atoms with E-state index in [0.717, 1.165) is 57.2 Å². The van der Waals surface area contributed by atoms with Gasteiger partial charge in [-0.3, -0.25) is 14.5 Å². The molecule has 1 aliphatic heterocycles. The number of imide groups is 1. The van der Waals surface area contributed by atoms with Crippen molar-refractivity contribution in [3.63, 3.8) is 0 Å². The van der Waals surface area contributed by atoms with Gasteiger partial charge in [0.15, 0.2) is 0 Å². The van der Waals surface area contributed by atoms with Crippen LogP contribution in [0, 0.1) is 17.8 Å². The third-order valence-electron chi connectivity index (χ3n) is 9.27. The van der Waals surface area contributed by atoms with Gasteiger partial charge in [0.2, 0.25) is 0 Å². The van der Waals surface area contributed by atoms with Crippen molar-refractivity contribution in [2.75, 3.05) is 6.61 Å². The van der Waals surface area contributed by atoms with E-state index in [9.17, 15) is 9.59 Å². The fraction of sp³-hybridized carbons (Fsp3) is 0.394. The molecule has 0 N–H and O–H groups in total. The number of fused-ring (bicyclic) bond motifs is 1. The van der Waals surface area contributed by atoms with Crippen LogP contribution in [-0.2, 0) is 16.8 Å². The van der Waals surface area contributed by atoms with Gasteiger partial charge < -0.3 is 4.74 Å². The summed E-state index contributed by atoms with van der Waals surface area (Å²) >= 11 is 1.03. The predicted octanol–water partition coefficient (Wildman–Crippen LogP) is 7.94. The smallest absolute Gasteiger partial charge is 0.293 e. The fourth-order valence-electron chi connectivity index (χ4n) is 8.04. The van der Waals surface area contributed by atoms with Crippen LogP contribution in [0.25, 0.3) is 16.8 Å². The average Bonchev–Trinajstić information content (AvgIpc) is 3.16. The highest BCUT2D eigenvalue weighted by Crippen LogP contribution is 2.61. The van der Waals surface area contributed by atoms with Crippen LogP contribution >= 0.6 is 11.8 Å². The molecule has 38 heavy (non-hydrogen) atoms. The van der Waals surface area contributed by atoms with Gasteiger partial charge in [-0.1, -0.05) is 42.5 Å². The van der Waals surface area contributed by atoms with Crippen LogP contribution in [-0.4, -0.2) is 22.7 Å². The van der Waals surface area contributed by atoms with Gasteiger partial charge >= 0.3 is 0 Å². The van der Waals surface area contributed by atoms with Gasteiger partial charge in [0, 0.05) is 5.56 Å². The Morgan fingerprint density at radius 3 is 2.34 bits per heavy atom. The van der Waals surface area contributed by atoms with E-state index < -0.39 is 0 Å². The number of rotatable bonds is 6. The Balaban J connectivity index is 1.19. The number of hydrogen-bond donors (Lipinski definition) is 0. The molecule has 3 aromatic rings. The third-order valence-corrected chi connectivity index (χ3v) is 10.2. The second-order valence-electron chi connectivity index (χ2n) is 11.8. The molecule has 5 aliphatic rings. The topological polar surface area (TPSA) is 46.6 Å². The zero-order valence-electron chi connectivity index (χ0n) is 21.8. The summed E-state index contributed by atoms with van der Waals surface area (Å²) < 4.78 is 5.98. The molecular weight excluding hydrogens is 490 g/mol. The fourth-order valence-corrected chi connectivity index (χ4v) is 8.87. The van der Waals surface area contributed by atoms with Crippen molar-refractivity contribution >= 4 is 39.8 Å². The lowest BCUT2D eigenvalue weighted by molar-refractivity contribution is -0.123. The second-order valence-corrected chi connectivity index (χ2v) is 12.8. The Morgan fingerprint density at radius 1 is 0.921 bits per heavy atom. The van der Waals surface area contributed by atoms with E-state index in [2.05, 4.69) is 36.4 Å². The summed E-state index contributed by atoms with van der Waals surface area (Å²) in [5.74, 6) is 3.15. The van der Waals surface area contributed by atoms with Crippen molar-refractivity contribution in [2.45, 2.75) is 57.4 Å². The van der Waals surface area contributed by atoms with Gasteiger partial charge in [0.25, 0.3) is 11.1 Å². The first-order chi connectivity index (χ1) is 18.5. The summed E-state index contributed by atoms with van der Waals surface area (Å²) in [6, 6.07) is 20.8. The standard InChI is InChI=1S/C33H33NO3S/c1-2-37-29-10-9-28(33-17-22-11-23(18-33)13-24(12-22)19-33)15-27(29)16-30-31(35)34(32(36)38-30)20-21-7-8-25-5-3-4-6-26(25)14-21/h3-10,14-16,22-24H,2,11-13,17-20H2,1H3/b30-16-. The molecule has 4 bridgehead atoms. The van der Waals surface area contributed by atoms with E-state index in [-0.39, 0.29) is 23.1 Å². The van der Waals surface area contributed by atoms with Crippen molar-refractivity contribution in [1.82, 2.24) is 4.90 Å². The highest BCUT2D eigenvalue weighted by Gasteiger charge is 2.51. The summed E-state index contributed by atoms with van der Waals surface area (Å²) in [5.41, 5.74) is 3.52. The quantitative estimate of drug-likeness (QED) is 0.308. The van der Waals surface area contributed by atoms with E-state index >= 15 is 0 Å². The number of carbonyl (C=O) groups excluding carboxylic acids is 2. The molecular formula is C33H33NO3S. The summed E-state index contributed by atoms with van der Waals surface area (Å²) in [7, 11) is 0. The molecule has 1 heterocycles. The minimum absolute atomic E-state index is 0.218. The minimum Gasteiger partial charge on any atom is -0.493 e. The Kier molecular flexibility index (Phi) is 5.88. The number of carbonyl (C=O) groups is 2. The van der Waals surface area contributed by atoms with Crippen LogP contribution in [0.5, 0.6) is 5.75 Å². The summed E-state index contributed by atoms with van der Waals surface area (Å²) in [6.45, 7) is 2.81. The molecule has 3 aromatic carbocycles. The first-order valence-electron chi connectivity index (χ1n) is 14.0. The van der Waals surface area contributed by atoms with Crippen LogP contribution < -0.4 is 4.74 Å². The maximum Gasteiger partial charge on any atom is 0.293 e. The summed E-state index contributed by atoms with van der Waals surface area (Å²) in [5, 5.41) is 2.03. The molecule has 0 unspecified atom stereocenters. The van der Waals surface area contributed by atoms with E-state index in [0.29, 0.717) is 11.5 Å². The number of amides is 2. The maximum absolute atomic E-state index is 13.4. The van der Waals surface area contributed by atoms with Gasteiger partial charge in [-0.05, 0) is 127 Å². The first kappa shape index (κ1) is 24.0. The van der Waals surface area contributed by atoms with Crippen molar-refractivity contribution in [3.05, 3.63) is 82.3 Å². The minimum atomic E-state index is -0.226. The van der Waals surface area contributed by atoms with Gasteiger partial charge in [0.1, 0.15) is 5.75 Å². The Labute approximate surface area is 228 Å². The van der Waals surface area contributed by atoms with Crippen molar-refractivity contribution in [3.8, 4) is 5.75 Å². The molecule has 194 valence electrons. The normalized spacial score (nSPS) is 29.1. The molecule has 5 fully saturated rings. The molecule has 0 spiro atoms. The number of hydrogen-bond acceptors (Lipinski definition) is 4. The largest absolute Gasteiger partial charge is 0.493 e. The molecule has 4 aliphatic carbocycles. The molecule has 8 rings (SSSR count). The third kappa shape index (κ3) is 4.16. The Hall–Kier alpha value is -3.05. The number of benzene rings is 3. The van der Waals surface area contributed by atoms with Crippen LogP contribution in [0.1, 0.15) is 62.1 Å². The zero-order chi connectivity index (χ0) is 25.9. The first-order valence-corrected chi connectivity index (χ1v) is 14.8. The van der Waals surface area contributed by atoms with Crippen LogP contribution in [0.3, 0.4) is 0 Å². The lowest BCUT2D eigenvalue weighted by Gasteiger charge is -2.57. The number of ether oxygens (including phenoxy) is 1. The Bertz CT molecular complexity index is 1440. The van der Waals surface area contributed by atoms with Crippen LogP contribution in [0.15, 0.2) is 65.6 Å². The van der Waals surface area contributed by atoms with Crippen LogP contribution in [0.4, 0.5) is 4.79 Å². The average molecular weight is 524 g/mol. The molecule has 2 amide bonds. The molecule has 0 radical (unpaired) electrons. The van der Waals surface area contributed by atoms with Crippen molar-refractivity contribution in [2.24, 2.45) is 17.8 Å². The Morgan fingerprint density at radius 2 is 1.63 bits per heavy atom. The molecule has 5 heteroatoms. The maximum atomic E-state index is 13.4. The van der Waals surface area contributed by atoms with Gasteiger partial charge in [0.05, 0.1) is 18.1 Å². The highest BCUT2D eigenvalue weighted by atomic mass is 32.2.